The van der Waals surface area contributed by atoms with Crippen molar-refractivity contribution in [2.45, 2.75) is 66.3 Å². The summed E-state index contributed by atoms with van der Waals surface area (Å²) in [7, 11) is 1.82. The molecule has 0 aliphatic rings. The van der Waals surface area contributed by atoms with Crippen molar-refractivity contribution in [1.29, 1.82) is 0 Å². The van der Waals surface area contributed by atoms with Crippen molar-refractivity contribution >= 4 is 5.96 Å². The van der Waals surface area contributed by atoms with Gasteiger partial charge in [-0.2, -0.15) is 0 Å². The summed E-state index contributed by atoms with van der Waals surface area (Å²) >= 11 is 0. The summed E-state index contributed by atoms with van der Waals surface area (Å²) in [6.45, 7) is 11.5. The summed E-state index contributed by atoms with van der Waals surface area (Å²) in [6, 6.07) is 0. The topological polar surface area (TPSA) is 67.1 Å². The van der Waals surface area contributed by atoms with E-state index in [1.165, 1.54) is 25.7 Å². The maximum atomic E-state index is 4.30. The maximum absolute atomic E-state index is 4.30. The van der Waals surface area contributed by atoms with Gasteiger partial charge in [0.2, 0.25) is 0 Å². The summed E-state index contributed by atoms with van der Waals surface area (Å²) in [5.74, 6) is 1.88. The van der Waals surface area contributed by atoms with E-state index < -0.39 is 0 Å². The van der Waals surface area contributed by atoms with E-state index in [1.807, 2.05) is 7.05 Å². The zero-order valence-corrected chi connectivity index (χ0v) is 15.5. The average Bonchev–Trinajstić information content (AvgIpc) is 2.98. The highest BCUT2D eigenvalue weighted by atomic mass is 15.3. The first-order valence-corrected chi connectivity index (χ1v) is 8.83. The molecule has 1 rings (SSSR count). The number of guanidine groups is 1. The average molecular weight is 323 g/mol. The minimum absolute atomic E-state index is 0.288. The molecule has 1 aromatic rings. The molecule has 1 heterocycles. The van der Waals surface area contributed by atoms with Crippen molar-refractivity contribution in [2.24, 2.45) is 10.4 Å². The van der Waals surface area contributed by atoms with Crippen LogP contribution in [0.5, 0.6) is 0 Å². The molecule has 132 valence electrons. The Kier molecular flexibility index (Phi) is 8.66. The predicted octanol–water partition coefficient (Wildman–Crippen LogP) is 2.61. The molecule has 0 spiro atoms. The van der Waals surface area contributed by atoms with Crippen LogP contribution >= 0.6 is 0 Å². The Labute approximate surface area is 141 Å². The van der Waals surface area contributed by atoms with Gasteiger partial charge in [-0.1, -0.05) is 47.0 Å². The van der Waals surface area contributed by atoms with Crippen LogP contribution in [0.1, 0.15) is 59.2 Å². The van der Waals surface area contributed by atoms with Gasteiger partial charge in [-0.25, -0.2) is 0 Å². The van der Waals surface area contributed by atoms with E-state index in [0.29, 0.717) is 0 Å². The molecule has 0 radical (unpaired) electrons. The Hall–Kier alpha value is -1.59. The van der Waals surface area contributed by atoms with Gasteiger partial charge in [0.1, 0.15) is 12.2 Å². The van der Waals surface area contributed by atoms with E-state index >= 15 is 0 Å². The van der Waals surface area contributed by atoms with Gasteiger partial charge in [0, 0.05) is 33.1 Å². The molecule has 0 saturated carbocycles. The fraction of sp³-hybridized carbons (Fsp3) is 0.824. The number of aromatic nitrogens is 3. The monoisotopic (exact) mass is 322 g/mol. The van der Waals surface area contributed by atoms with Crippen LogP contribution < -0.4 is 10.6 Å². The Morgan fingerprint density at radius 3 is 2.70 bits per heavy atom. The minimum Gasteiger partial charge on any atom is -0.356 e. The Morgan fingerprint density at radius 1 is 1.26 bits per heavy atom. The van der Waals surface area contributed by atoms with Crippen molar-refractivity contribution < 1.29 is 0 Å². The molecule has 2 N–H and O–H groups in total. The number of unbranched alkanes of at least 4 members (excludes halogenated alkanes) is 2. The van der Waals surface area contributed by atoms with Crippen LogP contribution in [0.4, 0.5) is 0 Å². The molecule has 0 bridgehead atoms. The largest absolute Gasteiger partial charge is 0.356 e. The zero-order chi connectivity index (χ0) is 17.1. The van der Waals surface area contributed by atoms with Crippen molar-refractivity contribution in [1.82, 2.24) is 25.4 Å². The predicted molar refractivity (Wildman–Crippen MR) is 96.7 cm³/mol. The van der Waals surface area contributed by atoms with E-state index in [0.717, 1.165) is 37.8 Å². The molecular formula is C17H34N6. The summed E-state index contributed by atoms with van der Waals surface area (Å²) < 4.78 is 2.08. The molecule has 1 aromatic heterocycles. The van der Waals surface area contributed by atoms with E-state index in [4.69, 9.17) is 0 Å². The number of aryl methyl sites for hydroxylation is 1. The quantitative estimate of drug-likeness (QED) is 0.395. The molecule has 0 unspecified atom stereocenters. The lowest BCUT2D eigenvalue weighted by Crippen LogP contribution is -2.43. The number of hydrogen-bond donors (Lipinski definition) is 2. The van der Waals surface area contributed by atoms with Crippen LogP contribution in [-0.4, -0.2) is 40.9 Å². The summed E-state index contributed by atoms with van der Waals surface area (Å²) in [5, 5.41) is 14.9. The maximum Gasteiger partial charge on any atom is 0.191 e. The highest BCUT2D eigenvalue weighted by Gasteiger charge is 2.17. The Bertz CT molecular complexity index is 463. The lowest BCUT2D eigenvalue weighted by Gasteiger charge is -2.26. The second-order valence-corrected chi connectivity index (χ2v) is 6.77. The van der Waals surface area contributed by atoms with E-state index in [9.17, 15) is 0 Å². The number of hydrogen-bond acceptors (Lipinski definition) is 3. The van der Waals surface area contributed by atoms with Crippen LogP contribution in [0.2, 0.25) is 0 Å². The molecular weight excluding hydrogens is 288 g/mol. The van der Waals surface area contributed by atoms with E-state index in [2.05, 4.69) is 58.1 Å². The van der Waals surface area contributed by atoms with Gasteiger partial charge in [0.25, 0.3) is 0 Å². The normalized spacial score (nSPS) is 12.5. The van der Waals surface area contributed by atoms with Crippen molar-refractivity contribution in [2.75, 3.05) is 20.1 Å². The van der Waals surface area contributed by atoms with Crippen LogP contribution in [0.3, 0.4) is 0 Å². The first kappa shape index (κ1) is 19.5. The molecule has 0 amide bonds. The number of nitrogens with one attached hydrogen (secondary N) is 2. The second kappa shape index (κ2) is 10.2. The van der Waals surface area contributed by atoms with Gasteiger partial charge in [-0.15, -0.1) is 10.2 Å². The van der Waals surface area contributed by atoms with Crippen LogP contribution in [0.25, 0.3) is 0 Å². The minimum atomic E-state index is 0.288. The molecule has 0 aliphatic heterocycles. The van der Waals surface area contributed by atoms with Gasteiger partial charge in [0.05, 0.1) is 0 Å². The van der Waals surface area contributed by atoms with Gasteiger partial charge in [-0.3, -0.25) is 4.99 Å². The van der Waals surface area contributed by atoms with Crippen molar-refractivity contribution in [3.63, 3.8) is 0 Å². The molecule has 6 heteroatoms. The number of nitrogens with zero attached hydrogens (tertiary/aromatic N) is 4. The first-order chi connectivity index (χ1) is 11.0. The first-order valence-electron chi connectivity index (χ1n) is 8.83. The van der Waals surface area contributed by atoms with Gasteiger partial charge < -0.3 is 15.2 Å². The zero-order valence-electron chi connectivity index (χ0n) is 15.5. The van der Waals surface area contributed by atoms with Gasteiger partial charge >= 0.3 is 0 Å². The summed E-state index contributed by atoms with van der Waals surface area (Å²) in [6.07, 6.45) is 7.81. The third kappa shape index (κ3) is 7.48. The fourth-order valence-electron chi connectivity index (χ4n) is 2.52. The molecule has 0 saturated heterocycles. The van der Waals surface area contributed by atoms with Crippen LogP contribution in [-0.2, 0) is 13.0 Å². The highest BCUT2D eigenvalue weighted by molar-refractivity contribution is 5.79. The van der Waals surface area contributed by atoms with E-state index in [1.54, 1.807) is 6.33 Å². The fourth-order valence-corrected chi connectivity index (χ4v) is 2.52. The van der Waals surface area contributed by atoms with Crippen LogP contribution in [0.15, 0.2) is 11.3 Å². The van der Waals surface area contributed by atoms with E-state index in [-0.39, 0.29) is 5.41 Å². The molecule has 23 heavy (non-hydrogen) atoms. The number of aliphatic imine (C=N–C) groups is 1. The third-order valence-corrected chi connectivity index (χ3v) is 4.07. The Morgan fingerprint density at radius 2 is 2.04 bits per heavy atom. The van der Waals surface area contributed by atoms with Gasteiger partial charge in [-0.05, 0) is 11.8 Å². The second-order valence-electron chi connectivity index (χ2n) is 6.77. The standard InChI is InChI=1S/C17H34N6/c1-6-8-9-10-17(3,4)13-20-16(18-5)19-11-12-23-14-21-22-15(23)7-2/h14H,6-13H2,1-5H3,(H2,18,19,20). The molecule has 0 fully saturated rings. The lowest BCUT2D eigenvalue weighted by molar-refractivity contribution is 0.318. The number of rotatable bonds is 10. The SMILES string of the molecule is CCCCCC(C)(C)CNC(=NC)NCCn1cnnc1CC. The third-order valence-electron chi connectivity index (χ3n) is 4.07. The molecule has 0 aromatic carbocycles. The van der Waals surface area contributed by atoms with Crippen molar-refractivity contribution in [3.8, 4) is 0 Å². The Balaban J connectivity index is 2.31. The summed E-state index contributed by atoms with van der Waals surface area (Å²) in [5.41, 5.74) is 0.288. The molecule has 0 aliphatic carbocycles. The molecule has 6 nitrogen and oxygen atoms in total. The van der Waals surface area contributed by atoms with Gasteiger partial charge in [0.15, 0.2) is 5.96 Å². The highest BCUT2D eigenvalue weighted by Crippen LogP contribution is 2.22. The molecule has 0 atom stereocenters. The smallest absolute Gasteiger partial charge is 0.191 e. The summed E-state index contributed by atoms with van der Waals surface area (Å²) in [4.78, 5) is 4.30. The lowest BCUT2D eigenvalue weighted by atomic mass is 9.87. The van der Waals surface area contributed by atoms with Crippen molar-refractivity contribution in [3.05, 3.63) is 12.2 Å². The van der Waals surface area contributed by atoms with Crippen LogP contribution in [0, 0.1) is 5.41 Å².